The van der Waals surface area contributed by atoms with Gasteiger partial charge in [0.15, 0.2) is 0 Å². The molecular formula is C18H15F3N4O5. The second-order valence-corrected chi connectivity index (χ2v) is 6.55. The van der Waals surface area contributed by atoms with Crippen LogP contribution in [0.3, 0.4) is 0 Å². The summed E-state index contributed by atoms with van der Waals surface area (Å²) >= 11 is 0. The van der Waals surface area contributed by atoms with E-state index >= 15 is 0 Å². The fourth-order valence-electron chi connectivity index (χ4n) is 3.20. The molecule has 1 fully saturated rings. The van der Waals surface area contributed by atoms with E-state index in [9.17, 15) is 38.2 Å². The molecule has 0 aromatic heterocycles. The molecule has 0 atom stereocenters. The van der Waals surface area contributed by atoms with E-state index in [1.54, 1.807) is 0 Å². The number of nitro groups is 2. The zero-order valence-electron chi connectivity index (χ0n) is 15.3. The first-order chi connectivity index (χ1) is 14.1. The van der Waals surface area contributed by atoms with Gasteiger partial charge < -0.3 is 9.80 Å². The molecule has 0 radical (unpaired) electrons. The molecule has 1 aliphatic rings. The Kier molecular flexibility index (Phi) is 5.58. The molecule has 0 bridgehead atoms. The maximum absolute atomic E-state index is 12.9. The number of halogens is 3. The Morgan fingerprint density at radius 3 is 2.17 bits per heavy atom. The number of carbonyl (C=O) groups is 1. The average molecular weight is 424 g/mol. The number of hydrogen-bond acceptors (Lipinski definition) is 6. The van der Waals surface area contributed by atoms with E-state index in [2.05, 4.69) is 0 Å². The molecule has 0 spiro atoms. The third-order valence-corrected chi connectivity index (χ3v) is 4.71. The third kappa shape index (κ3) is 4.31. The van der Waals surface area contributed by atoms with Crippen molar-refractivity contribution < 1.29 is 27.8 Å². The van der Waals surface area contributed by atoms with Crippen LogP contribution < -0.4 is 4.90 Å². The van der Waals surface area contributed by atoms with Gasteiger partial charge in [0.2, 0.25) is 0 Å². The Hall–Kier alpha value is -3.70. The van der Waals surface area contributed by atoms with Gasteiger partial charge in [0, 0.05) is 49.9 Å². The van der Waals surface area contributed by atoms with Crippen molar-refractivity contribution in [1.82, 2.24) is 4.90 Å². The molecule has 9 nitrogen and oxygen atoms in total. The molecule has 0 saturated carbocycles. The van der Waals surface area contributed by atoms with E-state index < -0.39 is 33.2 Å². The van der Waals surface area contributed by atoms with E-state index in [0.29, 0.717) is 6.07 Å². The summed E-state index contributed by atoms with van der Waals surface area (Å²) < 4.78 is 38.6. The maximum atomic E-state index is 12.9. The standard InChI is InChI=1S/C18H15F3N4O5/c19-18(20,21)13-4-5-15(16(11-13)25(29)30)22-6-8-23(9-7-22)17(26)12-2-1-3-14(10-12)24(27)28/h1-5,10-11H,6-9H2. The Bertz CT molecular complexity index is 1000. The summed E-state index contributed by atoms with van der Waals surface area (Å²) in [4.78, 5) is 36.2. The van der Waals surface area contributed by atoms with Crippen molar-refractivity contribution in [3.8, 4) is 0 Å². The van der Waals surface area contributed by atoms with Crippen molar-refractivity contribution in [2.24, 2.45) is 0 Å². The molecule has 0 unspecified atom stereocenters. The van der Waals surface area contributed by atoms with Crippen LogP contribution in [0.15, 0.2) is 42.5 Å². The van der Waals surface area contributed by atoms with Crippen molar-refractivity contribution in [1.29, 1.82) is 0 Å². The lowest BCUT2D eigenvalue weighted by Gasteiger charge is -2.36. The number of piperazine rings is 1. The zero-order chi connectivity index (χ0) is 22.1. The highest BCUT2D eigenvalue weighted by atomic mass is 19.4. The SMILES string of the molecule is O=C(c1cccc([N+](=O)[O-])c1)N1CCN(c2ccc(C(F)(F)F)cc2[N+](=O)[O-])CC1. The van der Waals surface area contributed by atoms with Gasteiger partial charge in [-0.2, -0.15) is 13.2 Å². The summed E-state index contributed by atoms with van der Waals surface area (Å²) in [7, 11) is 0. The van der Waals surface area contributed by atoms with Gasteiger partial charge >= 0.3 is 6.18 Å². The predicted octanol–water partition coefficient (Wildman–Crippen LogP) is 3.48. The van der Waals surface area contributed by atoms with Crippen molar-refractivity contribution >= 4 is 23.0 Å². The van der Waals surface area contributed by atoms with Gasteiger partial charge in [-0.25, -0.2) is 0 Å². The van der Waals surface area contributed by atoms with Gasteiger partial charge in [0.25, 0.3) is 17.3 Å². The molecule has 2 aromatic rings. The van der Waals surface area contributed by atoms with Gasteiger partial charge in [0.05, 0.1) is 15.4 Å². The lowest BCUT2D eigenvalue weighted by Crippen LogP contribution is -2.49. The number of amides is 1. The van der Waals surface area contributed by atoms with Crippen LogP contribution in [0.5, 0.6) is 0 Å². The average Bonchev–Trinajstić information content (AvgIpc) is 2.72. The highest BCUT2D eigenvalue weighted by Gasteiger charge is 2.34. The Morgan fingerprint density at radius 2 is 1.60 bits per heavy atom. The number of benzene rings is 2. The second kappa shape index (κ2) is 7.97. The predicted molar refractivity (Wildman–Crippen MR) is 99.3 cm³/mol. The summed E-state index contributed by atoms with van der Waals surface area (Å²) in [6, 6.07) is 7.60. The van der Waals surface area contributed by atoms with Crippen molar-refractivity contribution in [2.45, 2.75) is 6.18 Å². The minimum atomic E-state index is -4.70. The molecule has 0 N–H and O–H groups in total. The highest BCUT2D eigenvalue weighted by Crippen LogP contribution is 2.36. The van der Waals surface area contributed by atoms with E-state index in [1.165, 1.54) is 28.0 Å². The molecule has 1 saturated heterocycles. The Balaban J connectivity index is 1.75. The third-order valence-electron chi connectivity index (χ3n) is 4.71. The number of alkyl halides is 3. The topological polar surface area (TPSA) is 110 Å². The van der Waals surface area contributed by atoms with Gasteiger partial charge in [-0.1, -0.05) is 6.07 Å². The van der Waals surface area contributed by atoms with Crippen molar-refractivity contribution in [3.63, 3.8) is 0 Å². The minimum absolute atomic E-state index is 0.0375. The summed E-state index contributed by atoms with van der Waals surface area (Å²) in [5, 5.41) is 22.2. The van der Waals surface area contributed by atoms with E-state index in [4.69, 9.17) is 0 Å². The van der Waals surface area contributed by atoms with E-state index in [0.717, 1.165) is 18.2 Å². The van der Waals surface area contributed by atoms with Gasteiger partial charge in [-0.05, 0) is 18.2 Å². The maximum Gasteiger partial charge on any atom is 0.416 e. The molecule has 1 amide bonds. The fraction of sp³-hybridized carbons (Fsp3) is 0.278. The summed E-state index contributed by atoms with van der Waals surface area (Å²) in [6.07, 6.45) is -4.70. The number of anilines is 1. The normalized spacial score (nSPS) is 14.5. The lowest BCUT2D eigenvalue weighted by atomic mass is 10.1. The number of carbonyl (C=O) groups excluding carboxylic acids is 1. The molecule has 30 heavy (non-hydrogen) atoms. The summed E-state index contributed by atoms with van der Waals surface area (Å²) in [6.45, 7) is 0.624. The Labute approximate surface area is 167 Å². The van der Waals surface area contributed by atoms with Crippen LogP contribution >= 0.6 is 0 Å². The first kappa shape index (κ1) is 21.0. The zero-order valence-corrected chi connectivity index (χ0v) is 15.3. The van der Waals surface area contributed by atoms with Crippen LogP contribution in [0.4, 0.5) is 30.2 Å². The smallest absolute Gasteiger partial charge is 0.362 e. The second-order valence-electron chi connectivity index (χ2n) is 6.55. The van der Waals surface area contributed by atoms with Crippen molar-refractivity contribution in [2.75, 3.05) is 31.1 Å². The van der Waals surface area contributed by atoms with Gasteiger partial charge in [-0.15, -0.1) is 0 Å². The molecule has 1 aliphatic heterocycles. The molecule has 12 heteroatoms. The van der Waals surface area contributed by atoms with Crippen LogP contribution in [0.1, 0.15) is 15.9 Å². The largest absolute Gasteiger partial charge is 0.416 e. The monoisotopic (exact) mass is 424 g/mol. The molecule has 1 heterocycles. The highest BCUT2D eigenvalue weighted by molar-refractivity contribution is 5.95. The number of hydrogen-bond donors (Lipinski definition) is 0. The molecule has 2 aromatic carbocycles. The van der Waals surface area contributed by atoms with E-state index in [-0.39, 0.29) is 43.1 Å². The Morgan fingerprint density at radius 1 is 0.933 bits per heavy atom. The van der Waals surface area contributed by atoms with Gasteiger partial charge in [0.1, 0.15) is 5.69 Å². The van der Waals surface area contributed by atoms with Crippen LogP contribution in [0, 0.1) is 20.2 Å². The van der Waals surface area contributed by atoms with Gasteiger partial charge in [-0.3, -0.25) is 25.0 Å². The van der Waals surface area contributed by atoms with Crippen LogP contribution in [0.25, 0.3) is 0 Å². The molecule has 158 valence electrons. The number of nitrogens with zero attached hydrogens (tertiary/aromatic N) is 4. The van der Waals surface area contributed by atoms with Crippen LogP contribution in [0.2, 0.25) is 0 Å². The van der Waals surface area contributed by atoms with Crippen LogP contribution in [-0.2, 0) is 6.18 Å². The number of nitro benzene ring substituents is 2. The minimum Gasteiger partial charge on any atom is -0.362 e. The molecule has 3 rings (SSSR count). The quantitative estimate of drug-likeness (QED) is 0.549. The molecular weight excluding hydrogens is 409 g/mol. The van der Waals surface area contributed by atoms with Crippen molar-refractivity contribution in [3.05, 3.63) is 73.8 Å². The molecule has 0 aliphatic carbocycles. The lowest BCUT2D eigenvalue weighted by molar-refractivity contribution is -0.384. The van der Waals surface area contributed by atoms with E-state index in [1.807, 2.05) is 0 Å². The summed E-state index contributed by atoms with van der Waals surface area (Å²) in [5.41, 5.74) is -1.82. The fourth-order valence-corrected chi connectivity index (χ4v) is 3.20. The summed E-state index contributed by atoms with van der Waals surface area (Å²) in [5.74, 6) is -0.430. The van der Waals surface area contributed by atoms with Crippen LogP contribution in [-0.4, -0.2) is 46.8 Å². The number of rotatable bonds is 4. The first-order valence-electron chi connectivity index (χ1n) is 8.72. The first-order valence-corrected chi connectivity index (χ1v) is 8.72. The number of non-ortho nitro benzene ring substituents is 1.